The van der Waals surface area contributed by atoms with Gasteiger partial charge in [0, 0.05) is 18.6 Å². The molecule has 1 aromatic rings. The molecule has 1 saturated heterocycles. The van der Waals surface area contributed by atoms with Gasteiger partial charge in [-0.15, -0.1) is 0 Å². The van der Waals surface area contributed by atoms with Crippen LogP contribution in [0.25, 0.3) is 0 Å². The van der Waals surface area contributed by atoms with Crippen LogP contribution >= 0.6 is 0 Å². The van der Waals surface area contributed by atoms with Crippen LogP contribution < -0.4 is 5.32 Å². The number of hydrogen-bond donors (Lipinski definition) is 2. The van der Waals surface area contributed by atoms with E-state index in [4.69, 9.17) is 4.74 Å². The van der Waals surface area contributed by atoms with Crippen molar-refractivity contribution in [3.63, 3.8) is 0 Å². The molecule has 5 atom stereocenters. The standard InChI is InChI=1S/C24H35NO3/c1-13(2)21(27)25-22-23(5,6)17-11-18-20(28-8-7-24(18,22)12-17)16-9-14(3)19(26)15(4)10-16/h9-10,13,17-18,20,22,26H,7-8,11-12H2,1-6H3,(H,25,27)/t17-,18-,20-,22-,24?/m1/s1. The summed E-state index contributed by atoms with van der Waals surface area (Å²) in [5.41, 5.74) is 3.22. The first kappa shape index (κ1) is 19.8. The minimum atomic E-state index is 0.00260. The van der Waals surface area contributed by atoms with Crippen molar-refractivity contribution >= 4 is 5.91 Å². The number of nitrogens with one attached hydrogen (secondary N) is 1. The summed E-state index contributed by atoms with van der Waals surface area (Å²) in [6.45, 7) is 13.3. The highest BCUT2D eigenvalue weighted by Crippen LogP contribution is 2.70. The fraction of sp³-hybridized carbons (Fsp3) is 0.708. The van der Waals surface area contributed by atoms with E-state index in [2.05, 4.69) is 31.3 Å². The SMILES string of the molecule is Cc1cc([C@H]2OCCC34C[C@@H](C[C@H]23)C(C)(C)[C@H]4NC(=O)C(C)C)cc(C)c1O. The third-order valence-electron chi connectivity index (χ3n) is 8.16. The van der Waals surface area contributed by atoms with Gasteiger partial charge >= 0.3 is 0 Å². The molecule has 1 heterocycles. The van der Waals surface area contributed by atoms with E-state index in [9.17, 15) is 9.90 Å². The Morgan fingerprint density at radius 3 is 2.50 bits per heavy atom. The highest BCUT2D eigenvalue weighted by atomic mass is 16.5. The number of amides is 1. The largest absolute Gasteiger partial charge is 0.507 e. The van der Waals surface area contributed by atoms with E-state index in [1.54, 1.807) is 0 Å². The molecular weight excluding hydrogens is 350 g/mol. The van der Waals surface area contributed by atoms with Gasteiger partial charge in [-0.3, -0.25) is 4.79 Å². The van der Waals surface area contributed by atoms with E-state index in [0.717, 1.165) is 30.6 Å². The molecule has 1 aliphatic heterocycles. The molecule has 3 fully saturated rings. The molecule has 154 valence electrons. The van der Waals surface area contributed by atoms with Gasteiger partial charge in [0.1, 0.15) is 5.75 Å². The van der Waals surface area contributed by atoms with Gasteiger partial charge in [-0.1, -0.05) is 27.7 Å². The summed E-state index contributed by atoms with van der Waals surface area (Å²) in [6.07, 6.45) is 3.41. The van der Waals surface area contributed by atoms with Crippen LogP contribution in [-0.2, 0) is 9.53 Å². The van der Waals surface area contributed by atoms with Crippen LogP contribution in [0.2, 0.25) is 0 Å². The number of aromatic hydroxyl groups is 1. The van der Waals surface area contributed by atoms with Crippen molar-refractivity contribution in [1.82, 2.24) is 5.32 Å². The van der Waals surface area contributed by atoms with Gasteiger partial charge < -0.3 is 15.2 Å². The Labute approximate surface area is 169 Å². The van der Waals surface area contributed by atoms with Gasteiger partial charge in [0.2, 0.25) is 5.91 Å². The second-order valence-corrected chi connectivity index (χ2v) is 10.4. The predicted molar refractivity (Wildman–Crippen MR) is 110 cm³/mol. The first-order valence-corrected chi connectivity index (χ1v) is 10.8. The van der Waals surface area contributed by atoms with E-state index in [1.807, 2.05) is 27.7 Å². The Kier molecular flexibility index (Phi) is 4.57. The maximum atomic E-state index is 12.6. The molecule has 2 bridgehead atoms. The highest BCUT2D eigenvalue weighted by Gasteiger charge is 2.68. The average Bonchev–Trinajstić information content (AvgIpc) is 3.11. The zero-order chi connectivity index (χ0) is 20.4. The number of phenols is 1. The van der Waals surface area contributed by atoms with Gasteiger partial charge in [-0.05, 0) is 84.6 Å². The third-order valence-corrected chi connectivity index (χ3v) is 8.16. The molecule has 4 nitrogen and oxygen atoms in total. The minimum absolute atomic E-state index is 0.00260. The molecule has 2 N–H and O–H groups in total. The van der Waals surface area contributed by atoms with Gasteiger partial charge in [0.15, 0.2) is 0 Å². The molecule has 0 aromatic heterocycles. The first-order chi connectivity index (χ1) is 13.1. The summed E-state index contributed by atoms with van der Waals surface area (Å²) < 4.78 is 6.35. The van der Waals surface area contributed by atoms with Crippen molar-refractivity contribution < 1.29 is 14.6 Å². The second-order valence-electron chi connectivity index (χ2n) is 10.4. The summed E-state index contributed by atoms with van der Waals surface area (Å²) in [5, 5.41) is 13.7. The number of ether oxygens (including phenoxy) is 1. The van der Waals surface area contributed by atoms with Gasteiger partial charge in [-0.25, -0.2) is 0 Å². The molecule has 1 unspecified atom stereocenters. The molecule has 3 aliphatic rings. The number of hydrogen-bond acceptors (Lipinski definition) is 3. The predicted octanol–water partition coefficient (Wildman–Crippen LogP) is 4.66. The van der Waals surface area contributed by atoms with Crippen LogP contribution in [0.5, 0.6) is 5.75 Å². The van der Waals surface area contributed by atoms with E-state index in [1.165, 1.54) is 12.0 Å². The fourth-order valence-corrected chi connectivity index (χ4v) is 6.58. The average molecular weight is 386 g/mol. The Bertz CT molecular complexity index is 776. The van der Waals surface area contributed by atoms with E-state index in [0.29, 0.717) is 17.6 Å². The quantitative estimate of drug-likeness (QED) is 0.795. The van der Waals surface area contributed by atoms with Crippen molar-refractivity contribution in [3.05, 3.63) is 28.8 Å². The lowest BCUT2D eigenvalue weighted by molar-refractivity contribution is -0.139. The molecule has 4 heteroatoms. The van der Waals surface area contributed by atoms with Gasteiger partial charge in [-0.2, -0.15) is 0 Å². The number of phenolic OH excluding ortho intramolecular Hbond substituents is 1. The lowest BCUT2D eigenvalue weighted by Gasteiger charge is -2.53. The second kappa shape index (κ2) is 6.48. The van der Waals surface area contributed by atoms with Gasteiger partial charge in [0.25, 0.3) is 0 Å². The molecule has 28 heavy (non-hydrogen) atoms. The summed E-state index contributed by atoms with van der Waals surface area (Å²) >= 11 is 0. The number of aryl methyl sites for hydroxylation is 2. The molecule has 1 amide bonds. The zero-order valence-electron chi connectivity index (χ0n) is 18.1. The van der Waals surface area contributed by atoms with Crippen LogP contribution in [-0.4, -0.2) is 23.7 Å². The monoisotopic (exact) mass is 385 g/mol. The number of fused-ring (bicyclic) bond motifs is 1. The summed E-state index contributed by atoms with van der Waals surface area (Å²) in [6, 6.07) is 4.37. The lowest BCUT2D eigenvalue weighted by atomic mass is 9.58. The van der Waals surface area contributed by atoms with Crippen LogP contribution in [0.3, 0.4) is 0 Å². The van der Waals surface area contributed by atoms with Crippen molar-refractivity contribution in [2.75, 3.05) is 6.61 Å². The molecule has 2 saturated carbocycles. The number of rotatable bonds is 3. The Hall–Kier alpha value is -1.55. The smallest absolute Gasteiger partial charge is 0.222 e. The number of carbonyl (C=O) groups excluding carboxylic acids is 1. The van der Waals surface area contributed by atoms with E-state index >= 15 is 0 Å². The first-order valence-electron chi connectivity index (χ1n) is 10.8. The highest BCUT2D eigenvalue weighted by molar-refractivity contribution is 5.78. The lowest BCUT2D eigenvalue weighted by Crippen LogP contribution is -2.59. The summed E-state index contributed by atoms with van der Waals surface area (Å²) in [4.78, 5) is 12.6. The molecule has 2 aliphatic carbocycles. The van der Waals surface area contributed by atoms with Gasteiger partial charge in [0.05, 0.1) is 6.10 Å². The van der Waals surface area contributed by atoms with Crippen LogP contribution in [0.15, 0.2) is 12.1 Å². The summed E-state index contributed by atoms with van der Waals surface area (Å²) in [5.74, 6) is 1.57. The van der Waals surface area contributed by atoms with Crippen LogP contribution in [0.1, 0.15) is 69.8 Å². The zero-order valence-corrected chi connectivity index (χ0v) is 18.1. The number of benzene rings is 1. The number of carbonyl (C=O) groups is 1. The third kappa shape index (κ3) is 2.71. The Balaban J connectivity index is 1.71. The molecule has 1 spiro atoms. The normalized spacial score (nSPS) is 35.8. The maximum Gasteiger partial charge on any atom is 0.222 e. The van der Waals surface area contributed by atoms with Crippen molar-refractivity contribution in [1.29, 1.82) is 0 Å². The molecule has 1 aromatic carbocycles. The maximum absolute atomic E-state index is 12.6. The Morgan fingerprint density at radius 1 is 1.25 bits per heavy atom. The minimum Gasteiger partial charge on any atom is -0.507 e. The molecule has 4 rings (SSSR count). The van der Waals surface area contributed by atoms with Crippen molar-refractivity contribution in [2.45, 2.75) is 73.0 Å². The van der Waals surface area contributed by atoms with Crippen molar-refractivity contribution in [2.24, 2.45) is 28.6 Å². The topological polar surface area (TPSA) is 58.6 Å². The van der Waals surface area contributed by atoms with Crippen LogP contribution in [0, 0.1) is 42.4 Å². The van der Waals surface area contributed by atoms with Crippen molar-refractivity contribution in [3.8, 4) is 5.75 Å². The van der Waals surface area contributed by atoms with E-state index in [-0.39, 0.29) is 34.8 Å². The summed E-state index contributed by atoms with van der Waals surface area (Å²) in [7, 11) is 0. The molecular formula is C24H35NO3. The van der Waals surface area contributed by atoms with E-state index < -0.39 is 0 Å². The Morgan fingerprint density at radius 2 is 1.89 bits per heavy atom. The van der Waals surface area contributed by atoms with Crippen LogP contribution in [0.4, 0.5) is 0 Å². The molecule has 0 radical (unpaired) electrons. The fourth-order valence-electron chi connectivity index (χ4n) is 6.58.